The Balaban J connectivity index is 1.56. The molecule has 1 amide bonds. The first-order chi connectivity index (χ1) is 16.5. The third kappa shape index (κ3) is 4.37. The van der Waals surface area contributed by atoms with E-state index in [2.05, 4.69) is 15.1 Å². The van der Waals surface area contributed by atoms with E-state index >= 15 is 0 Å². The third-order valence-corrected chi connectivity index (χ3v) is 6.61. The van der Waals surface area contributed by atoms with E-state index in [1.807, 2.05) is 47.8 Å². The Hall–Kier alpha value is -3.75. The van der Waals surface area contributed by atoms with Crippen LogP contribution in [0, 0.1) is 6.92 Å². The second kappa shape index (κ2) is 9.24. The summed E-state index contributed by atoms with van der Waals surface area (Å²) in [5.74, 6) is 0.253. The molecule has 0 aliphatic rings. The number of amides is 1. The summed E-state index contributed by atoms with van der Waals surface area (Å²) >= 11 is 7.53. The number of fused-ring (bicyclic) bond motifs is 1. The summed E-state index contributed by atoms with van der Waals surface area (Å²) < 4.78 is 1.30. The van der Waals surface area contributed by atoms with Crippen molar-refractivity contribution in [3.8, 4) is 0 Å². The van der Waals surface area contributed by atoms with Crippen molar-refractivity contribution in [2.75, 3.05) is 4.90 Å². The van der Waals surface area contributed by atoms with Crippen LogP contribution in [-0.4, -0.2) is 25.5 Å². The number of carbonyl (C=O) groups excluding carboxylic acids is 1. The van der Waals surface area contributed by atoms with Gasteiger partial charge < -0.3 is 0 Å². The van der Waals surface area contributed by atoms with Gasteiger partial charge in [-0.2, -0.15) is 9.50 Å². The predicted octanol–water partition coefficient (Wildman–Crippen LogP) is 4.88. The maximum atomic E-state index is 13.4. The first-order valence-electron chi connectivity index (χ1n) is 10.6. The number of nitrogens with zero attached hydrogens (tertiary/aromatic N) is 4. The number of H-pyrrole nitrogens is 1. The Morgan fingerprint density at radius 2 is 1.82 bits per heavy atom. The van der Waals surface area contributed by atoms with Gasteiger partial charge in [-0.15, -0.1) is 11.3 Å². The largest absolute Gasteiger partial charge is 0.277 e. The number of aryl methyl sites for hydroxylation is 1. The molecule has 0 unspecified atom stereocenters. The lowest BCUT2D eigenvalue weighted by Crippen LogP contribution is -2.31. The van der Waals surface area contributed by atoms with Crippen molar-refractivity contribution in [2.24, 2.45) is 0 Å². The SMILES string of the molecule is Cc1nc2nc(N(Cc3cccs3)C(=O)c3ccccc3)[nH]n2c(=O)c1Cc1ccc(Cl)cc1. The van der Waals surface area contributed by atoms with Crippen molar-refractivity contribution in [1.82, 2.24) is 19.6 Å². The van der Waals surface area contributed by atoms with Crippen LogP contribution in [0.2, 0.25) is 5.02 Å². The zero-order valence-electron chi connectivity index (χ0n) is 18.2. The summed E-state index contributed by atoms with van der Waals surface area (Å²) in [5, 5.41) is 5.60. The van der Waals surface area contributed by atoms with Crippen molar-refractivity contribution < 1.29 is 4.79 Å². The lowest BCUT2D eigenvalue weighted by molar-refractivity contribution is 0.0983. The zero-order valence-corrected chi connectivity index (χ0v) is 19.8. The van der Waals surface area contributed by atoms with Gasteiger partial charge in [0.15, 0.2) is 0 Å². The van der Waals surface area contributed by atoms with Crippen molar-refractivity contribution >= 4 is 40.6 Å². The van der Waals surface area contributed by atoms with Crippen molar-refractivity contribution in [3.63, 3.8) is 0 Å². The van der Waals surface area contributed by atoms with Gasteiger partial charge in [-0.05, 0) is 48.2 Å². The van der Waals surface area contributed by atoms with Crippen LogP contribution in [0.1, 0.15) is 32.1 Å². The number of halogens is 1. The lowest BCUT2D eigenvalue weighted by Gasteiger charge is -2.19. The fourth-order valence-electron chi connectivity index (χ4n) is 3.71. The van der Waals surface area contributed by atoms with E-state index in [1.54, 1.807) is 42.5 Å². The molecule has 0 aliphatic heterocycles. The normalized spacial score (nSPS) is 11.1. The molecule has 5 rings (SSSR count). The van der Waals surface area contributed by atoms with E-state index in [9.17, 15) is 9.59 Å². The van der Waals surface area contributed by atoms with Gasteiger partial charge >= 0.3 is 0 Å². The summed E-state index contributed by atoms with van der Waals surface area (Å²) in [6, 6.07) is 20.2. The molecule has 170 valence electrons. The van der Waals surface area contributed by atoms with Gasteiger partial charge in [0.1, 0.15) is 0 Å². The summed E-state index contributed by atoms with van der Waals surface area (Å²) in [4.78, 5) is 38.3. The molecule has 0 aliphatic carbocycles. The Labute approximate surface area is 204 Å². The average molecular weight is 490 g/mol. The quantitative estimate of drug-likeness (QED) is 0.368. The number of rotatable bonds is 6. The molecule has 34 heavy (non-hydrogen) atoms. The minimum absolute atomic E-state index is 0.217. The van der Waals surface area contributed by atoms with Gasteiger partial charge in [-0.3, -0.25) is 19.6 Å². The molecule has 3 heterocycles. The first kappa shape index (κ1) is 22.1. The fourth-order valence-corrected chi connectivity index (χ4v) is 4.53. The molecule has 0 saturated carbocycles. The van der Waals surface area contributed by atoms with Crippen LogP contribution in [0.25, 0.3) is 5.78 Å². The molecule has 0 fully saturated rings. The Morgan fingerprint density at radius 3 is 2.53 bits per heavy atom. The average Bonchev–Trinajstić information content (AvgIpc) is 3.51. The Morgan fingerprint density at radius 1 is 1.06 bits per heavy atom. The van der Waals surface area contributed by atoms with Gasteiger partial charge in [0.25, 0.3) is 17.2 Å². The number of aromatic nitrogens is 4. The molecule has 0 saturated heterocycles. The number of hydrogen-bond acceptors (Lipinski definition) is 5. The molecule has 3 aromatic heterocycles. The number of hydrogen-bond donors (Lipinski definition) is 1. The summed E-state index contributed by atoms with van der Waals surface area (Å²) in [6.07, 6.45) is 0.411. The predicted molar refractivity (Wildman–Crippen MR) is 134 cm³/mol. The van der Waals surface area contributed by atoms with Crippen LogP contribution >= 0.6 is 22.9 Å². The first-order valence-corrected chi connectivity index (χ1v) is 11.9. The number of benzene rings is 2. The second-order valence-corrected chi connectivity index (χ2v) is 9.27. The smallest absolute Gasteiger partial charge is 0.272 e. The maximum Gasteiger partial charge on any atom is 0.277 e. The highest BCUT2D eigenvalue weighted by atomic mass is 35.5. The number of nitrogens with one attached hydrogen (secondary N) is 1. The minimum Gasteiger partial charge on any atom is -0.272 e. The monoisotopic (exact) mass is 489 g/mol. The van der Waals surface area contributed by atoms with Crippen molar-refractivity contribution in [1.29, 1.82) is 0 Å². The summed E-state index contributed by atoms with van der Waals surface area (Å²) in [5.41, 5.74) is 2.37. The topological polar surface area (TPSA) is 83.4 Å². The van der Waals surface area contributed by atoms with Crippen LogP contribution in [-0.2, 0) is 13.0 Å². The van der Waals surface area contributed by atoms with E-state index in [1.165, 1.54) is 9.42 Å². The molecular formula is C25H20ClN5O2S. The molecule has 2 aromatic carbocycles. The van der Waals surface area contributed by atoms with Crippen molar-refractivity contribution in [2.45, 2.75) is 19.9 Å². The van der Waals surface area contributed by atoms with Gasteiger partial charge in [0, 0.05) is 27.4 Å². The molecule has 0 atom stereocenters. The molecule has 7 nitrogen and oxygen atoms in total. The number of carbonyl (C=O) groups is 1. The van der Waals surface area contributed by atoms with Crippen LogP contribution in [0.5, 0.6) is 0 Å². The molecular weight excluding hydrogens is 470 g/mol. The molecule has 0 bridgehead atoms. The Bertz CT molecular complexity index is 1510. The molecule has 5 aromatic rings. The van der Waals surface area contributed by atoms with E-state index < -0.39 is 0 Å². The highest BCUT2D eigenvalue weighted by Crippen LogP contribution is 2.20. The van der Waals surface area contributed by atoms with Gasteiger partial charge in [0.2, 0.25) is 5.95 Å². The van der Waals surface area contributed by atoms with Crippen molar-refractivity contribution in [3.05, 3.63) is 115 Å². The van der Waals surface area contributed by atoms with Crippen LogP contribution < -0.4 is 10.5 Å². The second-order valence-electron chi connectivity index (χ2n) is 7.80. The lowest BCUT2D eigenvalue weighted by atomic mass is 10.1. The van der Waals surface area contributed by atoms with Gasteiger partial charge in [-0.1, -0.05) is 48.0 Å². The van der Waals surface area contributed by atoms with E-state index in [0.29, 0.717) is 34.8 Å². The van der Waals surface area contributed by atoms with Gasteiger partial charge in [-0.25, -0.2) is 4.98 Å². The zero-order chi connectivity index (χ0) is 23.7. The highest BCUT2D eigenvalue weighted by molar-refractivity contribution is 7.09. The molecule has 9 heteroatoms. The van der Waals surface area contributed by atoms with E-state index in [-0.39, 0.29) is 23.2 Å². The van der Waals surface area contributed by atoms with Gasteiger partial charge in [0.05, 0.1) is 12.2 Å². The standard InChI is InChI=1S/C25H20ClN5O2S/c1-16-21(14-17-9-11-19(26)12-10-17)23(33)31-24(27-16)28-25(29-31)30(15-20-8-5-13-34-20)22(32)18-6-3-2-4-7-18/h2-13H,14-15H2,1H3,(H,27,28,29). The maximum absolute atomic E-state index is 13.4. The molecule has 0 radical (unpaired) electrons. The minimum atomic E-state index is -0.251. The van der Waals surface area contributed by atoms with Crippen LogP contribution in [0.3, 0.4) is 0 Å². The molecule has 1 N–H and O–H groups in total. The summed E-state index contributed by atoms with van der Waals surface area (Å²) in [6.45, 7) is 2.11. The van der Waals surface area contributed by atoms with Crippen LogP contribution in [0.15, 0.2) is 76.9 Å². The number of anilines is 1. The van der Waals surface area contributed by atoms with Crippen LogP contribution in [0.4, 0.5) is 5.95 Å². The molecule has 0 spiro atoms. The number of thiophene rings is 1. The fraction of sp³-hybridized carbons (Fsp3) is 0.120. The Kier molecular flexibility index (Phi) is 6.00. The number of aromatic amines is 1. The third-order valence-electron chi connectivity index (χ3n) is 5.49. The summed E-state index contributed by atoms with van der Waals surface area (Å²) in [7, 11) is 0. The highest BCUT2D eigenvalue weighted by Gasteiger charge is 2.23. The van der Waals surface area contributed by atoms with E-state index in [4.69, 9.17) is 11.6 Å². The van der Waals surface area contributed by atoms with E-state index in [0.717, 1.165) is 10.4 Å².